The summed E-state index contributed by atoms with van der Waals surface area (Å²) in [6.07, 6.45) is 6.58. The third kappa shape index (κ3) is 3.15. The van der Waals surface area contributed by atoms with Crippen LogP contribution < -0.4 is 5.32 Å². The van der Waals surface area contributed by atoms with Gasteiger partial charge in [0, 0.05) is 12.4 Å². The van der Waals surface area contributed by atoms with Gasteiger partial charge in [0.05, 0.1) is 12.2 Å². The van der Waals surface area contributed by atoms with E-state index in [-0.39, 0.29) is 17.7 Å². The van der Waals surface area contributed by atoms with E-state index in [0.29, 0.717) is 11.5 Å². The molecule has 4 nitrogen and oxygen atoms in total. The van der Waals surface area contributed by atoms with Crippen LogP contribution >= 0.6 is 0 Å². The molecule has 1 unspecified atom stereocenters. The molecule has 0 amide bonds. The Labute approximate surface area is 162 Å². The van der Waals surface area contributed by atoms with Crippen molar-refractivity contribution in [1.29, 1.82) is 0 Å². The van der Waals surface area contributed by atoms with Crippen molar-refractivity contribution < 1.29 is 8.78 Å². The van der Waals surface area contributed by atoms with E-state index in [1.54, 1.807) is 42.9 Å². The van der Waals surface area contributed by atoms with Gasteiger partial charge in [0.15, 0.2) is 0 Å². The molecule has 0 radical (unpaired) electrons. The normalized spacial score (nSPS) is 17.8. The largest absolute Gasteiger partial charge is 0.353 e. The van der Waals surface area contributed by atoms with Gasteiger partial charge in [-0.25, -0.2) is 13.8 Å². The minimum absolute atomic E-state index is 0.162. The van der Waals surface area contributed by atoms with Crippen LogP contribution in [0.4, 0.5) is 8.78 Å². The first-order valence-electron chi connectivity index (χ1n) is 9.28. The van der Waals surface area contributed by atoms with Crippen molar-refractivity contribution >= 4 is 5.84 Å². The van der Waals surface area contributed by atoms with E-state index < -0.39 is 5.54 Å². The second-order valence-corrected chi connectivity index (χ2v) is 6.82. The average molecular weight is 378 g/mol. The number of hydrogen-bond donors (Lipinski definition) is 1. The van der Waals surface area contributed by atoms with E-state index >= 15 is 0 Å². The number of halogens is 2. The van der Waals surface area contributed by atoms with Crippen molar-refractivity contribution in [3.63, 3.8) is 0 Å². The molecule has 0 spiro atoms. The second kappa shape index (κ2) is 7.46. The maximum Gasteiger partial charge on any atom is 0.150 e. The highest BCUT2D eigenvalue weighted by Gasteiger charge is 2.47. The van der Waals surface area contributed by atoms with Gasteiger partial charge >= 0.3 is 0 Å². The number of nitrogens with zero attached hydrogens (tertiary/aromatic N) is 3. The maximum atomic E-state index is 13.6. The second-order valence-electron chi connectivity index (χ2n) is 6.82. The highest BCUT2D eigenvalue weighted by molar-refractivity contribution is 5.99. The average Bonchev–Trinajstić information content (AvgIpc) is 3.10. The Hall–Kier alpha value is -3.15. The van der Waals surface area contributed by atoms with Crippen LogP contribution in [0, 0.1) is 11.6 Å². The smallest absolute Gasteiger partial charge is 0.150 e. The van der Waals surface area contributed by atoms with Gasteiger partial charge in [0.25, 0.3) is 0 Å². The van der Waals surface area contributed by atoms with Crippen LogP contribution in [0.3, 0.4) is 0 Å². The predicted octanol–water partition coefficient (Wildman–Crippen LogP) is 4.22. The van der Waals surface area contributed by atoms with Crippen LogP contribution in [0.2, 0.25) is 0 Å². The summed E-state index contributed by atoms with van der Waals surface area (Å²) in [4.78, 5) is 13.4. The predicted molar refractivity (Wildman–Crippen MR) is 104 cm³/mol. The summed E-state index contributed by atoms with van der Waals surface area (Å²) < 4.78 is 27.2. The Kier molecular flexibility index (Phi) is 4.86. The van der Waals surface area contributed by atoms with Gasteiger partial charge in [-0.05, 0) is 41.8 Å². The molecule has 3 aromatic rings. The first kappa shape index (κ1) is 18.2. The van der Waals surface area contributed by atoms with Gasteiger partial charge < -0.3 is 5.32 Å². The van der Waals surface area contributed by atoms with Crippen LogP contribution in [0.1, 0.15) is 36.6 Å². The van der Waals surface area contributed by atoms with E-state index in [1.165, 1.54) is 24.3 Å². The summed E-state index contributed by atoms with van der Waals surface area (Å²) in [5.74, 6) is 0.0106. The van der Waals surface area contributed by atoms with Crippen molar-refractivity contribution in [2.75, 3.05) is 0 Å². The summed E-state index contributed by atoms with van der Waals surface area (Å²) in [6, 6.07) is 12.6. The van der Waals surface area contributed by atoms with Crippen LogP contribution in [0.15, 0.2) is 72.1 Å². The molecule has 1 N–H and O–H groups in total. The van der Waals surface area contributed by atoms with Crippen LogP contribution in [-0.2, 0) is 5.54 Å². The monoisotopic (exact) mass is 378 g/mol. The van der Waals surface area contributed by atoms with E-state index in [1.807, 2.05) is 0 Å². The van der Waals surface area contributed by atoms with Crippen molar-refractivity contribution in [3.05, 3.63) is 95.6 Å². The van der Waals surface area contributed by atoms with Crippen molar-refractivity contribution in [2.45, 2.75) is 31.3 Å². The molecule has 1 aliphatic rings. The lowest BCUT2D eigenvalue weighted by Crippen LogP contribution is -2.49. The molecule has 0 fully saturated rings. The summed E-state index contributed by atoms with van der Waals surface area (Å²) in [5.41, 5.74) is 1.61. The minimum atomic E-state index is -0.746. The maximum absolute atomic E-state index is 13.6. The third-order valence-electron chi connectivity index (χ3n) is 5.07. The van der Waals surface area contributed by atoms with E-state index in [2.05, 4.69) is 22.2 Å². The van der Waals surface area contributed by atoms with Gasteiger partial charge in [-0.3, -0.25) is 9.98 Å². The van der Waals surface area contributed by atoms with E-state index in [9.17, 15) is 8.78 Å². The summed E-state index contributed by atoms with van der Waals surface area (Å²) >= 11 is 0. The molecular weight excluding hydrogens is 358 g/mol. The summed E-state index contributed by atoms with van der Waals surface area (Å²) in [6.45, 7) is 2.09. The minimum Gasteiger partial charge on any atom is -0.353 e. The zero-order valence-electron chi connectivity index (χ0n) is 15.4. The number of nitrogens with one attached hydrogen (secondary N) is 1. The van der Waals surface area contributed by atoms with Gasteiger partial charge in [0.1, 0.15) is 28.7 Å². The highest BCUT2D eigenvalue weighted by Crippen LogP contribution is 2.40. The molecule has 0 saturated carbocycles. The lowest BCUT2D eigenvalue weighted by atomic mass is 9.76. The number of rotatable bonds is 5. The van der Waals surface area contributed by atoms with Crippen molar-refractivity contribution in [3.8, 4) is 0 Å². The molecule has 0 aliphatic carbocycles. The number of amidine groups is 1. The zero-order valence-corrected chi connectivity index (χ0v) is 15.4. The lowest BCUT2D eigenvalue weighted by molar-refractivity contribution is 0.389. The molecule has 0 bridgehead atoms. The van der Waals surface area contributed by atoms with Crippen LogP contribution in [0.25, 0.3) is 0 Å². The fourth-order valence-electron chi connectivity index (χ4n) is 3.78. The number of aromatic nitrogens is 2. The van der Waals surface area contributed by atoms with Gasteiger partial charge in [0.2, 0.25) is 0 Å². The van der Waals surface area contributed by atoms with Crippen LogP contribution in [-0.4, -0.2) is 21.8 Å². The third-order valence-corrected chi connectivity index (χ3v) is 5.07. The van der Waals surface area contributed by atoms with Gasteiger partial charge in [-0.15, -0.1) is 0 Å². The molecule has 1 aromatic heterocycles. The molecule has 2 aromatic carbocycles. The Morgan fingerprint density at radius 2 is 1.54 bits per heavy atom. The topological polar surface area (TPSA) is 50.2 Å². The highest BCUT2D eigenvalue weighted by atomic mass is 19.1. The Morgan fingerprint density at radius 1 is 0.929 bits per heavy atom. The standard InChI is InChI=1S/C22H20F2N4/c1-2-3-20-22(15-4-8-17(23)9-5-15,16-6-10-18(24)11-7-16)28-21(27-20)19-14-25-12-13-26-19/h4-14,20H,2-3H2,1H3,(H,27,28). The Balaban J connectivity index is 1.89. The summed E-state index contributed by atoms with van der Waals surface area (Å²) in [5, 5.41) is 3.53. The van der Waals surface area contributed by atoms with Crippen molar-refractivity contribution in [2.24, 2.45) is 4.99 Å². The fourth-order valence-corrected chi connectivity index (χ4v) is 3.78. The van der Waals surface area contributed by atoms with E-state index in [0.717, 1.165) is 24.0 Å². The van der Waals surface area contributed by atoms with E-state index in [4.69, 9.17) is 4.99 Å². The number of hydrogen-bond acceptors (Lipinski definition) is 4. The quantitative estimate of drug-likeness (QED) is 0.723. The van der Waals surface area contributed by atoms with Gasteiger partial charge in [-0.1, -0.05) is 37.6 Å². The molecule has 142 valence electrons. The number of benzene rings is 2. The first-order valence-corrected chi connectivity index (χ1v) is 9.28. The summed E-state index contributed by atoms with van der Waals surface area (Å²) in [7, 11) is 0. The Bertz CT molecular complexity index is 924. The molecule has 6 heteroatoms. The van der Waals surface area contributed by atoms with Crippen LogP contribution in [0.5, 0.6) is 0 Å². The van der Waals surface area contributed by atoms with Crippen molar-refractivity contribution in [1.82, 2.24) is 15.3 Å². The number of aliphatic imine (C=N–C) groups is 1. The fraction of sp³-hybridized carbons (Fsp3) is 0.227. The van der Waals surface area contributed by atoms with Gasteiger partial charge in [-0.2, -0.15) is 0 Å². The molecule has 28 heavy (non-hydrogen) atoms. The molecule has 1 atom stereocenters. The SMILES string of the molecule is CCCC1N=C(c2cnccn2)NC1(c1ccc(F)cc1)c1ccc(F)cc1. The Morgan fingerprint density at radius 3 is 2.04 bits per heavy atom. The lowest BCUT2D eigenvalue weighted by Gasteiger charge is -2.36. The molecule has 2 heterocycles. The molecule has 0 saturated heterocycles. The molecule has 1 aliphatic heterocycles. The first-order chi connectivity index (χ1) is 13.6. The molecular formula is C22H20F2N4. The molecule has 4 rings (SSSR count). The zero-order chi connectivity index (χ0) is 19.6.